The summed E-state index contributed by atoms with van der Waals surface area (Å²) in [7, 11) is 0. The summed E-state index contributed by atoms with van der Waals surface area (Å²) in [6.45, 7) is 7.38. The summed E-state index contributed by atoms with van der Waals surface area (Å²) in [4.78, 5) is 13.1. The average molecular weight is 331 g/mol. The maximum Gasteiger partial charge on any atom is 0.338 e. The predicted molar refractivity (Wildman–Crippen MR) is 77.3 cm³/mol. The van der Waals surface area contributed by atoms with Crippen molar-refractivity contribution in [2.75, 3.05) is 32.8 Å². The van der Waals surface area contributed by atoms with Crippen molar-refractivity contribution in [2.45, 2.75) is 32.8 Å². The number of quaternary nitrogens is 1. The third kappa shape index (κ3) is 3.11. The van der Waals surface area contributed by atoms with E-state index in [1.165, 1.54) is 0 Å². The summed E-state index contributed by atoms with van der Waals surface area (Å²) >= 11 is 0. The molecule has 124 valence electrons. The molecule has 3 aliphatic rings. The number of hydrogen-bond acceptors (Lipinski definition) is 6. The van der Waals surface area contributed by atoms with E-state index >= 15 is 0 Å². The van der Waals surface area contributed by atoms with Crippen LogP contribution in [-0.4, -0.2) is 59.0 Å². The van der Waals surface area contributed by atoms with Gasteiger partial charge in [0.1, 0.15) is 12.6 Å². The van der Waals surface area contributed by atoms with Gasteiger partial charge in [-0.1, -0.05) is 0 Å². The monoisotopic (exact) mass is 330 g/mol. The van der Waals surface area contributed by atoms with Crippen molar-refractivity contribution >= 4 is 5.95 Å². The summed E-state index contributed by atoms with van der Waals surface area (Å²) in [5.74, 6) is 1.10. The number of halogens is 1. The summed E-state index contributed by atoms with van der Waals surface area (Å²) in [6, 6.07) is 0.612. The van der Waals surface area contributed by atoms with Gasteiger partial charge in [-0.2, -0.15) is 0 Å². The van der Waals surface area contributed by atoms with E-state index in [2.05, 4.69) is 15.0 Å². The Hall–Kier alpha value is -1.18. The Bertz CT molecular complexity index is 485. The van der Waals surface area contributed by atoms with Gasteiger partial charge < -0.3 is 27.0 Å². The van der Waals surface area contributed by atoms with Crippen molar-refractivity contribution in [3.63, 3.8) is 0 Å². The first-order valence-corrected chi connectivity index (χ1v) is 7.73. The molecule has 3 aliphatic heterocycles. The minimum Gasteiger partial charge on any atom is -1.00 e. The molecule has 0 aliphatic carbocycles. The molecule has 1 unspecified atom stereocenters. The molecule has 4 rings (SSSR count). The molecule has 4 heterocycles. The molecular weight excluding hydrogens is 308 g/mol. The van der Waals surface area contributed by atoms with E-state index in [9.17, 15) is 5.11 Å². The zero-order valence-electron chi connectivity index (χ0n) is 13.0. The van der Waals surface area contributed by atoms with E-state index < -0.39 is 0 Å². The lowest BCUT2D eigenvalue weighted by Gasteiger charge is -2.48. The molecule has 0 radical (unpaired) electrons. The number of rotatable bonds is 5. The van der Waals surface area contributed by atoms with Crippen LogP contribution in [0.3, 0.4) is 0 Å². The maximum atomic E-state index is 10.2. The van der Waals surface area contributed by atoms with Gasteiger partial charge in [-0.05, 0) is 13.8 Å². The van der Waals surface area contributed by atoms with Gasteiger partial charge in [-0.3, -0.25) is 4.48 Å². The van der Waals surface area contributed by atoms with Gasteiger partial charge in [-0.15, -0.1) is 15.0 Å². The number of aliphatic hydroxyl groups is 1. The van der Waals surface area contributed by atoms with E-state index in [1.807, 2.05) is 13.8 Å². The first-order valence-electron chi connectivity index (χ1n) is 7.73. The largest absolute Gasteiger partial charge is 1.00 e. The molecule has 0 amide bonds. The van der Waals surface area contributed by atoms with Crippen LogP contribution in [0.25, 0.3) is 0 Å². The molecule has 3 fully saturated rings. The lowest BCUT2D eigenvalue weighted by molar-refractivity contribution is -0.0227. The van der Waals surface area contributed by atoms with Crippen LogP contribution in [-0.2, 0) is 0 Å². The zero-order valence-corrected chi connectivity index (χ0v) is 13.8. The molecule has 1 atom stereocenters. The van der Waals surface area contributed by atoms with Crippen LogP contribution in [0, 0.1) is 5.92 Å². The Labute approximate surface area is 136 Å². The van der Waals surface area contributed by atoms with E-state index in [0.717, 1.165) is 25.9 Å². The van der Waals surface area contributed by atoms with Crippen LogP contribution in [0.15, 0.2) is 0 Å². The Morgan fingerprint density at radius 2 is 1.59 bits per heavy atom. The minimum absolute atomic E-state index is 0. The van der Waals surface area contributed by atoms with Crippen molar-refractivity contribution in [1.82, 2.24) is 19.4 Å². The SMILES string of the molecule is CCOc1nc(OCC)nc([N+]23CCC(CC2)C(O)C3)n1.[Cl-]. The third-order valence-electron chi connectivity index (χ3n) is 4.49. The number of ether oxygens (including phenoxy) is 2. The number of aromatic nitrogens is 3. The van der Waals surface area contributed by atoms with E-state index in [0.29, 0.717) is 48.1 Å². The fraction of sp³-hybridized carbons (Fsp3) is 0.786. The quantitative estimate of drug-likeness (QED) is 0.616. The standard InChI is InChI=1S/C14H23N4O3.ClH/c1-3-20-13-15-12(16-14(17-13)21-4-2)18-7-5-10(6-8-18)11(19)9-18;/h10-11,19H,3-9H2,1-2H3;1H/q+1;/p-1. The van der Waals surface area contributed by atoms with Crippen LogP contribution in [0.4, 0.5) is 5.95 Å². The molecular formula is C14H23ClN4O3. The van der Waals surface area contributed by atoms with Crippen LogP contribution in [0.2, 0.25) is 0 Å². The smallest absolute Gasteiger partial charge is 0.338 e. The molecule has 1 aromatic rings. The number of fused-ring (bicyclic) bond motifs is 3. The van der Waals surface area contributed by atoms with E-state index in [4.69, 9.17) is 9.47 Å². The molecule has 3 saturated heterocycles. The Kier molecular flexibility index (Phi) is 5.41. The van der Waals surface area contributed by atoms with Crippen molar-refractivity contribution in [3.8, 4) is 12.0 Å². The summed E-state index contributed by atoms with van der Waals surface area (Å²) < 4.78 is 11.5. The van der Waals surface area contributed by atoms with Crippen molar-refractivity contribution in [3.05, 3.63) is 0 Å². The Morgan fingerprint density at radius 1 is 1.05 bits per heavy atom. The van der Waals surface area contributed by atoms with Crippen LogP contribution in [0.5, 0.6) is 12.0 Å². The molecule has 7 nitrogen and oxygen atoms in total. The lowest BCUT2D eigenvalue weighted by Crippen LogP contribution is -3.00. The molecule has 1 aromatic heterocycles. The fourth-order valence-electron chi connectivity index (χ4n) is 3.37. The van der Waals surface area contributed by atoms with Gasteiger partial charge in [-0.25, -0.2) is 0 Å². The van der Waals surface area contributed by atoms with Crippen molar-refractivity contribution < 1.29 is 27.0 Å². The highest BCUT2D eigenvalue weighted by Crippen LogP contribution is 2.37. The summed E-state index contributed by atoms with van der Waals surface area (Å²) in [5.41, 5.74) is 0. The molecule has 0 aromatic carbocycles. The van der Waals surface area contributed by atoms with Gasteiger partial charge in [0.2, 0.25) is 0 Å². The highest BCUT2D eigenvalue weighted by Gasteiger charge is 2.49. The second kappa shape index (κ2) is 6.93. The topological polar surface area (TPSA) is 77.4 Å². The Morgan fingerprint density at radius 3 is 2.05 bits per heavy atom. The highest BCUT2D eigenvalue weighted by atomic mass is 35.5. The number of hydrogen-bond donors (Lipinski definition) is 1. The van der Waals surface area contributed by atoms with Gasteiger partial charge >= 0.3 is 18.0 Å². The predicted octanol–water partition coefficient (Wildman–Crippen LogP) is -2.24. The molecule has 22 heavy (non-hydrogen) atoms. The molecule has 1 N–H and O–H groups in total. The average Bonchev–Trinajstić information content (AvgIpc) is 2.49. The van der Waals surface area contributed by atoms with Gasteiger partial charge in [0.15, 0.2) is 0 Å². The molecule has 8 heteroatoms. The number of aliphatic hydroxyl groups excluding tert-OH is 1. The molecule has 0 saturated carbocycles. The maximum absolute atomic E-state index is 10.2. The number of piperidine rings is 3. The first kappa shape index (κ1) is 17.2. The van der Waals surface area contributed by atoms with E-state index in [-0.39, 0.29) is 18.5 Å². The lowest BCUT2D eigenvalue weighted by atomic mass is 9.84. The van der Waals surface area contributed by atoms with Gasteiger partial charge in [0, 0.05) is 18.8 Å². The first-order chi connectivity index (χ1) is 10.2. The molecule has 2 bridgehead atoms. The van der Waals surface area contributed by atoms with Crippen molar-refractivity contribution in [2.24, 2.45) is 5.92 Å². The second-order valence-electron chi connectivity index (χ2n) is 5.75. The zero-order chi connectivity index (χ0) is 14.9. The Balaban J connectivity index is 0.00000176. The van der Waals surface area contributed by atoms with Gasteiger partial charge in [0.05, 0.1) is 26.3 Å². The van der Waals surface area contributed by atoms with Gasteiger partial charge in [0.25, 0.3) is 0 Å². The van der Waals surface area contributed by atoms with Crippen LogP contribution >= 0.6 is 0 Å². The van der Waals surface area contributed by atoms with Crippen LogP contribution in [0.1, 0.15) is 26.7 Å². The third-order valence-corrected chi connectivity index (χ3v) is 4.49. The summed E-state index contributed by atoms with van der Waals surface area (Å²) in [5, 5.41) is 10.2. The molecule has 0 spiro atoms. The normalized spacial score (nSPS) is 29.8. The number of nitrogens with zero attached hydrogens (tertiary/aromatic N) is 4. The van der Waals surface area contributed by atoms with Crippen LogP contribution < -0.4 is 26.4 Å². The summed E-state index contributed by atoms with van der Waals surface area (Å²) in [6.07, 6.45) is 1.76. The van der Waals surface area contributed by atoms with E-state index in [1.54, 1.807) is 0 Å². The minimum atomic E-state index is -0.268. The second-order valence-corrected chi connectivity index (χ2v) is 5.75. The van der Waals surface area contributed by atoms with Crippen molar-refractivity contribution in [1.29, 1.82) is 0 Å². The highest BCUT2D eigenvalue weighted by molar-refractivity contribution is 5.31. The fourth-order valence-corrected chi connectivity index (χ4v) is 3.37.